The molecule has 0 unspecified atom stereocenters. The molecule has 0 aromatic rings. The van der Waals surface area contributed by atoms with Crippen LogP contribution in [0.15, 0.2) is 0 Å². The van der Waals surface area contributed by atoms with Gasteiger partial charge in [-0.2, -0.15) is 0 Å². The molecule has 0 aromatic heterocycles. The molecule has 0 aliphatic carbocycles. The monoisotopic (exact) mass is 240 g/mol. The fourth-order valence-electron chi connectivity index (χ4n) is 0. The van der Waals surface area contributed by atoms with Crippen LogP contribution in [0, 0.1) is 0 Å². The third-order valence-electron chi connectivity index (χ3n) is 0. The topological polar surface area (TPSA) is 37.3 Å². The maximum atomic E-state index is 9.00. The van der Waals surface area contributed by atoms with Gasteiger partial charge >= 0.3 is 18.9 Å². The van der Waals surface area contributed by atoms with Gasteiger partial charge in [-0.3, -0.25) is 4.79 Å². The molecule has 0 fully saturated rings. The van der Waals surface area contributed by atoms with E-state index < -0.39 is 5.97 Å². The van der Waals surface area contributed by atoms with Crippen molar-refractivity contribution in [2.24, 2.45) is 0 Å². The summed E-state index contributed by atoms with van der Waals surface area (Å²) in [5.74, 6) is -0.833. The Kier molecular flexibility index (Phi) is 98.7. The van der Waals surface area contributed by atoms with Crippen LogP contribution >= 0.6 is 0 Å². The van der Waals surface area contributed by atoms with Gasteiger partial charge < -0.3 is 6.53 Å². The van der Waals surface area contributed by atoms with Gasteiger partial charge in [0.2, 0.25) is 0 Å². The second kappa shape index (κ2) is 23.5. The van der Waals surface area contributed by atoms with Crippen LogP contribution in [0.2, 0.25) is 0 Å². The van der Waals surface area contributed by atoms with Crippen LogP contribution in [0.4, 0.5) is 0 Å². The van der Waals surface area contributed by atoms with Crippen molar-refractivity contribution >= 4 is 5.97 Å². The summed E-state index contributed by atoms with van der Waals surface area (Å²) >= 11 is 0. The van der Waals surface area contributed by atoms with E-state index in [0.29, 0.717) is 0 Å². The molecule has 0 saturated heterocycles. The van der Waals surface area contributed by atoms with Crippen molar-refractivity contribution in [1.29, 1.82) is 0 Å². The summed E-state index contributed by atoms with van der Waals surface area (Å²) in [5, 5.41) is 7.42. The van der Waals surface area contributed by atoms with Crippen molar-refractivity contribution in [3.05, 3.63) is 0 Å². The SMILES string of the molecule is CC(=O)O.[Co].[H-].[Li+].[Mn].[Ni]. The van der Waals surface area contributed by atoms with Crippen LogP contribution in [0.5, 0.6) is 0 Å². The molecule has 0 heterocycles. The molecule has 52 valence electrons. The number of hydrogen-bond acceptors (Lipinski definition) is 1. The van der Waals surface area contributed by atoms with Gasteiger partial charge in [-0.25, -0.2) is 0 Å². The summed E-state index contributed by atoms with van der Waals surface area (Å²) in [6, 6.07) is 0. The van der Waals surface area contributed by atoms with E-state index in [2.05, 4.69) is 0 Å². The van der Waals surface area contributed by atoms with Crippen molar-refractivity contribution in [3.8, 4) is 0 Å². The molecule has 0 bridgehead atoms. The Morgan fingerprint density at radius 1 is 1.62 bits per heavy atom. The summed E-state index contributed by atoms with van der Waals surface area (Å²) in [4.78, 5) is 9.00. The molecule has 0 saturated carbocycles. The molecule has 2 nitrogen and oxygen atoms in total. The molecule has 8 heavy (non-hydrogen) atoms. The minimum atomic E-state index is -0.833. The van der Waals surface area contributed by atoms with Gasteiger partial charge in [-0.05, 0) is 0 Å². The van der Waals surface area contributed by atoms with Gasteiger partial charge in [0.25, 0.3) is 5.97 Å². The van der Waals surface area contributed by atoms with E-state index in [1.165, 1.54) is 0 Å². The smallest absolute Gasteiger partial charge is 1.00 e. The molecule has 0 amide bonds. The average Bonchev–Trinajstić information content (AvgIpc) is 0.811. The minimum Gasteiger partial charge on any atom is -1.00 e. The van der Waals surface area contributed by atoms with E-state index in [4.69, 9.17) is 9.90 Å². The zero-order chi connectivity index (χ0) is 3.58. The molecule has 0 rings (SSSR count). The first kappa shape index (κ1) is 33.6. The first-order valence-electron chi connectivity index (χ1n) is 0.928. The second-order valence-electron chi connectivity index (χ2n) is 0.519. The van der Waals surface area contributed by atoms with Crippen molar-refractivity contribution in [3.63, 3.8) is 0 Å². The molecule has 0 aliphatic heterocycles. The maximum absolute atomic E-state index is 9.00. The third-order valence-corrected chi connectivity index (χ3v) is 0. The quantitative estimate of drug-likeness (QED) is 0.465. The number of carbonyl (C=O) groups is 1. The van der Waals surface area contributed by atoms with Gasteiger partial charge in [0, 0.05) is 57.3 Å². The van der Waals surface area contributed by atoms with E-state index in [9.17, 15) is 0 Å². The predicted octanol–water partition coefficient (Wildman–Crippen LogP) is -2.80. The van der Waals surface area contributed by atoms with Crippen LogP contribution in [0.1, 0.15) is 8.35 Å². The number of hydrogen-bond donors (Lipinski definition) is 1. The summed E-state index contributed by atoms with van der Waals surface area (Å²) < 4.78 is 0. The second-order valence-corrected chi connectivity index (χ2v) is 0.519. The fraction of sp³-hybridized carbons (Fsp3) is 0.500. The fourth-order valence-corrected chi connectivity index (χ4v) is 0. The van der Waals surface area contributed by atoms with Crippen LogP contribution < -0.4 is 18.9 Å². The zero-order valence-corrected chi connectivity index (χ0v) is 7.59. The van der Waals surface area contributed by atoms with E-state index >= 15 is 0 Å². The Morgan fingerprint density at radius 3 is 1.62 bits per heavy atom. The third kappa shape index (κ3) is 131. The van der Waals surface area contributed by atoms with Gasteiger partial charge in [0.1, 0.15) is 0 Å². The van der Waals surface area contributed by atoms with Crippen LogP contribution in [0.3, 0.4) is 0 Å². The standard InChI is InChI=1S/C2H4O2.Co.Li.Mn.Ni.H/c1-2(3)4;;;;;/h1H3,(H,3,4);;;;;/q;;+1;;;-1. The summed E-state index contributed by atoms with van der Waals surface area (Å²) in [5.41, 5.74) is 0. The Bertz CT molecular complexity index is 47.5. The van der Waals surface area contributed by atoms with E-state index in [1.54, 1.807) is 0 Å². The Hall–Kier alpha value is 1.59. The van der Waals surface area contributed by atoms with E-state index in [-0.39, 0.29) is 70.6 Å². The normalized spacial score (nSPS) is 3.12. The molecular formula is C2H5CoLiMnNiO2. The number of rotatable bonds is 0. The van der Waals surface area contributed by atoms with E-state index in [0.717, 1.165) is 6.92 Å². The van der Waals surface area contributed by atoms with Crippen LogP contribution in [-0.2, 0) is 55.1 Å². The predicted molar refractivity (Wildman–Crippen MR) is 14.4 cm³/mol. The van der Waals surface area contributed by atoms with Crippen molar-refractivity contribution in [2.45, 2.75) is 6.92 Å². The van der Waals surface area contributed by atoms with Crippen LogP contribution in [0.25, 0.3) is 0 Å². The Labute approximate surface area is 92.8 Å². The molecule has 0 spiro atoms. The zero-order valence-electron chi connectivity index (χ0n) is 5.38. The largest absolute Gasteiger partial charge is 1.00 e. The molecule has 0 aromatic carbocycles. The molecule has 0 aliphatic rings. The summed E-state index contributed by atoms with van der Waals surface area (Å²) in [6.07, 6.45) is 0. The molecule has 0 atom stereocenters. The summed E-state index contributed by atoms with van der Waals surface area (Å²) in [7, 11) is 0. The average molecular weight is 241 g/mol. The van der Waals surface area contributed by atoms with Crippen molar-refractivity contribution in [2.75, 3.05) is 0 Å². The molecule has 1 N–H and O–H groups in total. The number of carboxylic acid groups (broad SMARTS) is 1. The van der Waals surface area contributed by atoms with Gasteiger partial charge in [-0.1, -0.05) is 0 Å². The van der Waals surface area contributed by atoms with Gasteiger partial charge in [-0.15, -0.1) is 0 Å². The van der Waals surface area contributed by atoms with E-state index in [1.807, 2.05) is 0 Å². The van der Waals surface area contributed by atoms with Crippen molar-refractivity contribution in [1.82, 2.24) is 0 Å². The molecule has 2 radical (unpaired) electrons. The number of carboxylic acids is 1. The van der Waals surface area contributed by atoms with Gasteiger partial charge in [0.15, 0.2) is 0 Å². The minimum absolute atomic E-state index is 0. The number of aliphatic carboxylic acids is 1. The van der Waals surface area contributed by atoms with Crippen LogP contribution in [-0.4, -0.2) is 11.1 Å². The molecule has 6 heteroatoms. The Balaban J connectivity index is -0.00000000450. The first-order chi connectivity index (χ1) is 1.73. The Morgan fingerprint density at radius 2 is 1.62 bits per heavy atom. The maximum Gasteiger partial charge on any atom is 1.00 e. The summed E-state index contributed by atoms with van der Waals surface area (Å²) in [6.45, 7) is 1.08. The van der Waals surface area contributed by atoms with Gasteiger partial charge in [0.05, 0.1) is 0 Å². The first-order valence-corrected chi connectivity index (χ1v) is 0.928. The molecular weight excluding hydrogens is 236 g/mol. The van der Waals surface area contributed by atoms with Crippen molar-refractivity contribution < 1.29 is 80.5 Å².